The first kappa shape index (κ1) is 15.4. The summed E-state index contributed by atoms with van der Waals surface area (Å²) in [4.78, 5) is 11.9. The molecule has 20 heavy (non-hydrogen) atoms. The maximum Gasteiger partial charge on any atom is 0.260 e. The molecule has 0 spiro atoms. The molecule has 1 amide bonds. The summed E-state index contributed by atoms with van der Waals surface area (Å²) < 4.78 is 11.0. The monoisotopic (exact) mass is 317 g/mol. The normalized spacial score (nSPS) is 19.6. The summed E-state index contributed by atoms with van der Waals surface area (Å²) in [7, 11) is 0. The fourth-order valence-electron chi connectivity index (χ4n) is 1.98. The van der Waals surface area contributed by atoms with Crippen LogP contribution >= 0.6 is 23.2 Å². The van der Waals surface area contributed by atoms with Crippen molar-refractivity contribution in [3.05, 3.63) is 28.2 Å². The largest absolute Gasteiger partial charge is 0.479 e. The minimum Gasteiger partial charge on any atom is -0.479 e. The average Bonchev–Trinajstić information content (AvgIpc) is 2.92. The van der Waals surface area contributed by atoms with Crippen molar-refractivity contribution in [3.63, 3.8) is 0 Å². The van der Waals surface area contributed by atoms with Crippen LogP contribution in [0.4, 0.5) is 0 Å². The predicted molar refractivity (Wildman–Crippen MR) is 78.5 cm³/mol. The molecule has 1 aromatic rings. The summed E-state index contributed by atoms with van der Waals surface area (Å²) in [6.07, 6.45) is 1.52. The molecule has 1 aliphatic heterocycles. The van der Waals surface area contributed by atoms with Crippen molar-refractivity contribution in [1.29, 1.82) is 0 Å². The maximum absolute atomic E-state index is 11.9. The van der Waals surface area contributed by atoms with E-state index in [1.165, 1.54) is 0 Å². The molecular weight excluding hydrogens is 301 g/mol. The van der Waals surface area contributed by atoms with Gasteiger partial charge in [-0.05, 0) is 38.0 Å². The summed E-state index contributed by atoms with van der Waals surface area (Å²) in [6, 6.07) is 4.89. The Morgan fingerprint density at radius 1 is 1.55 bits per heavy atom. The van der Waals surface area contributed by atoms with Gasteiger partial charge in [0, 0.05) is 18.2 Å². The van der Waals surface area contributed by atoms with E-state index in [9.17, 15) is 4.79 Å². The Bertz CT molecular complexity index is 475. The Balaban J connectivity index is 1.83. The third kappa shape index (κ3) is 4.27. The van der Waals surface area contributed by atoms with Crippen molar-refractivity contribution in [3.8, 4) is 5.75 Å². The van der Waals surface area contributed by atoms with Crippen molar-refractivity contribution in [2.24, 2.45) is 0 Å². The van der Waals surface area contributed by atoms with E-state index in [1.807, 2.05) is 0 Å². The van der Waals surface area contributed by atoms with Gasteiger partial charge >= 0.3 is 0 Å². The van der Waals surface area contributed by atoms with Crippen LogP contribution in [0.25, 0.3) is 0 Å². The van der Waals surface area contributed by atoms with Gasteiger partial charge in [0.05, 0.1) is 11.1 Å². The number of ether oxygens (including phenoxy) is 2. The lowest BCUT2D eigenvalue weighted by atomic mass is 10.2. The molecule has 4 nitrogen and oxygen atoms in total. The molecule has 110 valence electrons. The predicted octanol–water partition coefficient (Wildman–Crippen LogP) is 3.06. The Hall–Kier alpha value is -0.970. The van der Waals surface area contributed by atoms with Gasteiger partial charge in [-0.25, -0.2) is 0 Å². The van der Waals surface area contributed by atoms with Crippen LogP contribution in [-0.4, -0.2) is 31.3 Å². The lowest BCUT2D eigenvalue weighted by Crippen LogP contribution is -2.40. The van der Waals surface area contributed by atoms with E-state index in [0.29, 0.717) is 22.3 Å². The Morgan fingerprint density at radius 3 is 3.00 bits per heavy atom. The van der Waals surface area contributed by atoms with Crippen LogP contribution < -0.4 is 10.1 Å². The van der Waals surface area contributed by atoms with Crippen LogP contribution in [0.15, 0.2) is 18.2 Å². The van der Waals surface area contributed by atoms with Crippen molar-refractivity contribution in [2.45, 2.75) is 32.0 Å². The van der Waals surface area contributed by atoms with Gasteiger partial charge in [-0.3, -0.25) is 4.79 Å². The van der Waals surface area contributed by atoms with Crippen LogP contribution in [0.2, 0.25) is 10.0 Å². The zero-order valence-electron chi connectivity index (χ0n) is 11.2. The molecule has 1 saturated heterocycles. The highest BCUT2D eigenvalue weighted by atomic mass is 35.5. The second-order valence-electron chi connectivity index (χ2n) is 4.72. The molecule has 0 bridgehead atoms. The van der Waals surface area contributed by atoms with Gasteiger partial charge in [-0.15, -0.1) is 0 Å². The van der Waals surface area contributed by atoms with Gasteiger partial charge < -0.3 is 14.8 Å². The van der Waals surface area contributed by atoms with E-state index in [-0.39, 0.29) is 12.0 Å². The number of rotatable bonds is 5. The van der Waals surface area contributed by atoms with E-state index in [1.54, 1.807) is 25.1 Å². The van der Waals surface area contributed by atoms with Crippen molar-refractivity contribution in [1.82, 2.24) is 5.32 Å². The van der Waals surface area contributed by atoms with Gasteiger partial charge in [-0.1, -0.05) is 23.2 Å². The molecule has 1 aromatic carbocycles. The summed E-state index contributed by atoms with van der Waals surface area (Å²) >= 11 is 11.8. The molecule has 0 aliphatic carbocycles. The molecule has 1 N–H and O–H groups in total. The molecule has 0 unspecified atom stereocenters. The van der Waals surface area contributed by atoms with Crippen LogP contribution in [0, 0.1) is 0 Å². The fraction of sp³-hybridized carbons (Fsp3) is 0.500. The molecular formula is C14H17Cl2NO3. The van der Waals surface area contributed by atoms with E-state index in [2.05, 4.69) is 5.32 Å². The highest BCUT2D eigenvalue weighted by molar-refractivity contribution is 6.35. The number of carbonyl (C=O) groups is 1. The zero-order valence-corrected chi connectivity index (χ0v) is 12.7. The molecule has 0 saturated carbocycles. The number of nitrogens with one attached hydrogen (secondary N) is 1. The maximum atomic E-state index is 11.9. The molecule has 1 fully saturated rings. The summed E-state index contributed by atoms with van der Waals surface area (Å²) in [5.74, 6) is 0.252. The van der Waals surface area contributed by atoms with Crippen LogP contribution in [0.5, 0.6) is 5.75 Å². The van der Waals surface area contributed by atoms with Gasteiger partial charge in [0.1, 0.15) is 5.75 Å². The minimum atomic E-state index is -0.630. The number of carbonyl (C=O) groups excluding carboxylic acids is 1. The van der Waals surface area contributed by atoms with Gasteiger partial charge in [0.25, 0.3) is 5.91 Å². The highest BCUT2D eigenvalue weighted by Crippen LogP contribution is 2.28. The molecule has 0 aromatic heterocycles. The number of hydrogen-bond acceptors (Lipinski definition) is 3. The Labute approximate surface area is 128 Å². The first-order valence-corrected chi connectivity index (χ1v) is 7.33. The lowest BCUT2D eigenvalue weighted by molar-refractivity contribution is -0.127. The number of amides is 1. The smallest absolute Gasteiger partial charge is 0.260 e. The van der Waals surface area contributed by atoms with E-state index in [0.717, 1.165) is 19.4 Å². The van der Waals surface area contributed by atoms with Crippen LogP contribution in [-0.2, 0) is 9.53 Å². The third-order valence-corrected chi connectivity index (χ3v) is 3.63. The Kier molecular flexibility index (Phi) is 5.52. The molecule has 2 rings (SSSR count). The molecule has 1 aliphatic rings. The Morgan fingerprint density at radius 2 is 2.35 bits per heavy atom. The highest BCUT2D eigenvalue weighted by Gasteiger charge is 2.20. The first-order chi connectivity index (χ1) is 9.56. The van der Waals surface area contributed by atoms with Crippen LogP contribution in [0.1, 0.15) is 19.8 Å². The first-order valence-electron chi connectivity index (χ1n) is 6.57. The van der Waals surface area contributed by atoms with Gasteiger partial charge in [0.2, 0.25) is 0 Å². The third-order valence-electron chi connectivity index (χ3n) is 3.09. The number of hydrogen-bond donors (Lipinski definition) is 1. The lowest BCUT2D eigenvalue weighted by Gasteiger charge is -2.17. The SMILES string of the molecule is C[C@@H](Oc1ccc(Cl)cc1Cl)C(=O)NC[C@@H]1CCCO1. The van der Waals surface area contributed by atoms with E-state index < -0.39 is 6.10 Å². The van der Waals surface area contributed by atoms with Crippen molar-refractivity contribution < 1.29 is 14.3 Å². The number of halogens is 2. The average molecular weight is 318 g/mol. The van der Waals surface area contributed by atoms with Crippen LogP contribution in [0.3, 0.4) is 0 Å². The molecule has 6 heteroatoms. The second kappa shape index (κ2) is 7.16. The van der Waals surface area contributed by atoms with E-state index >= 15 is 0 Å². The van der Waals surface area contributed by atoms with Crippen molar-refractivity contribution in [2.75, 3.05) is 13.2 Å². The molecule has 0 radical (unpaired) electrons. The molecule has 2 atom stereocenters. The van der Waals surface area contributed by atoms with Gasteiger partial charge in [-0.2, -0.15) is 0 Å². The van der Waals surface area contributed by atoms with Crippen molar-refractivity contribution >= 4 is 29.1 Å². The fourth-order valence-corrected chi connectivity index (χ4v) is 2.43. The topological polar surface area (TPSA) is 47.6 Å². The molecule has 1 heterocycles. The second-order valence-corrected chi connectivity index (χ2v) is 5.56. The summed E-state index contributed by atoms with van der Waals surface area (Å²) in [5.41, 5.74) is 0. The zero-order chi connectivity index (χ0) is 14.5. The van der Waals surface area contributed by atoms with E-state index in [4.69, 9.17) is 32.7 Å². The van der Waals surface area contributed by atoms with Gasteiger partial charge in [0.15, 0.2) is 6.10 Å². The minimum absolute atomic E-state index is 0.116. The number of benzene rings is 1. The standard InChI is InChI=1S/C14H17Cl2NO3/c1-9(14(18)17-8-11-3-2-6-19-11)20-13-5-4-10(15)7-12(13)16/h4-5,7,9,11H,2-3,6,8H2,1H3,(H,17,18)/t9-,11+/m1/s1. The quantitative estimate of drug-likeness (QED) is 0.908. The summed E-state index contributed by atoms with van der Waals surface area (Å²) in [6.45, 7) is 2.96. The summed E-state index contributed by atoms with van der Waals surface area (Å²) in [5, 5.41) is 3.73.